The minimum atomic E-state index is -0.617. The van der Waals surface area contributed by atoms with Gasteiger partial charge in [-0.1, -0.05) is 0 Å². The lowest BCUT2D eigenvalue weighted by atomic mass is 10.2. The van der Waals surface area contributed by atoms with Gasteiger partial charge in [-0.15, -0.1) is 0 Å². The Bertz CT molecular complexity index is 359. The molecule has 0 aromatic rings. The third kappa shape index (κ3) is 3.97. The number of carboxylic acid groups (broad SMARTS) is 2. The van der Waals surface area contributed by atoms with E-state index in [1.165, 1.54) is 38.5 Å². The van der Waals surface area contributed by atoms with Crippen molar-refractivity contribution in [3.63, 3.8) is 0 Å². The molecule has 0 amide bonds. The van der Waals surface area contributed by atoms with Crippen molar-refractivity contribution in [1.82, 2.24) is 0 Å². The monoisotopic (exact) mass is 280 g/mol. The molecular formula is C16H24O4. The predicted octanol–water partition coefficient (Wildman–Crippen LogP) is 3.01. The molecule has 0 aromatic carbocycles. The van der Waals surface area contributed by atoms with Gasteiger partial charge < -0.3 is 10.2 Å². The molecule has 4 rings (SSSR count). The summed E-state index contributed by atoms with van der Waals surface area (Å²) in [5.41, 5.74) is 0. The lowest BCUT2D eigenvalue weighted by Gasteiger charge is -1.90. The van der Waals surface area contributed by atoms with Gasteiger partial charge in [0.2, 0.25) is 0 Å². The Labute approximate surface area is 119 Å². The van der Waals surface area contributed by atoms with Crippen molar-refractivity contribution >= 4 is 11.9 Å². The van der Waals surface area contributed by atoms with Crippen molar-refractivity contribution in [2.75, 3.05) is 0 Å². The smallest absolute Gasteiger partial charge is 0.303 e. The van der Waals surface area contributed by atoms with Crippen molar-refractivity contribution in [3.05, 3.63) is 0 Å². The van der Waals surface area contributed by atoms with Crippen LogP contribution in [0.25, 0.3) is 0 Å². The third-order valence-corrected chi connectivity index (χ3v) is 5.28. The van der Waals surface area contributed by atoms with E-state index in [-0.39, 0.29) is 0 Å². The summed E-state index contributed by atoms with van der Waals surface area (Å²) in [6, 6.07) is 0. The van der Waals surface area contributed by atoms with Gasteiger partial charge >= 0.3 is 11.9 Å². The van der Waals surface area contributed by atoms with Crippen molar-refractivity contribution in [1.29, 1.82) is 0 Å². The maximum atomic E-state index is 10.2. The van der Waals surface area contributed by atoms with E-state index in [0.717, 1.165) is 23.7 Å². The SMILES string of the molecule is O=C(O)C[C@@H]1C[C@H]1C1CC1.O=C(O)C[C@H]1C[C@@H]1C1CC1. The van der Waals surface area contributed by atoms with Crippen LogP contribution in [0.4, 0.5) is 0 Å². The summed E-state index contributed by atoms with van der Waals surface area (Å²) in [5.74, 6) is 3.30. The average molecular weight is 280 g/mol. The van der Waals surface area contributed by atoms with Crippen LogP contribution in [0.1, 0.15) is 51.4 Å². The quantitative estimate of drug-likeness (QED) is 0.784. The molecule has 20 heavy (non-hydrogen) atoms. The molecule has 4 aliphatic rings. The number of hydrogen-bond donors (Lipinski definition) is 2. The Morgan fingerprint density at radius 2 is 1.10 bits per heavy atom. The molecule has 0 aromatic heterocycles. The second kappa shape index (κ2) is 5.38. The number of rotatable bonds is 6. The van der Waals surface area contributed by atoms with Gasteiger partial charge in [-0.3, -0.25) is 9.59 Å². The van der Waals surface area contributed by atoms with Gasteiger partial charge in [-0.25, -0.2) is 0 Å². The zero-order valence-corrected chi connectivity index (χ0v) is 11.8. The summed E-state index contributed by atoms with van der Waals surface area (Å²) in [6.45, 7) is 0. The van der Waals surface area contributed by atoms with Crippen LogP contribution < -0.4 is 0 Å². The van der Waals surface area contributed by atoms with E-state index in [2.05, 4.69) is 0 Å². The average Bonchev–Trinajstić information content (AvgIpc) is 3.09. The van der Waals surface area contributed by atoms with Gasteiger partial charge in [0.15, 0.2) is 0 Å². The van der Waals surface area contributed by atoms with Crippen LogP contribution in [-0.4, -0.2) is 22.2 Å². The van der Waals surface area contributed by atoms with E-state index in [1.807, 2.05) is 0 Å². The molecule has 2 N–H and O–H groups in total. The first kappa shape index (κ1) is 13.9. The molecule has 0 aliphatic heterocycles. The molecule has 0 radical (unpaired) electrons. The molecule has 0 saturated heterocycles. The number of aliphatic carboxylic acids is 2. The van der Waals surface area contributed by atoms with Crippen LogP contribution in [0, 0.1) is 35.5 Å². The Kier molecular flexibility index (Phi) is 3.74. The van der Waals surface area contributed by atoms with Crippen molar-refractivity contribution in [2.45, 2.75) is 51.4 Å². The van der Waals surface area contributed by atoms with Gasteiger partial charge in [0.1, 0.15) is 0 Å². The molecule has 0 heterocycles. The second-order valence-corrected chi connectivity index (χ2v) is 7.19. The Balaban J connectivity index is 0.000000121. The summed E-state index contributed by atoms with van der Waals surface area (Å²) in [7, 11) is 0. The molecule has 4 saturated carbocycles. The third-order valence-electron chi connectivity index (χ3n) is 5.28. The second-order valence-electron chi connectivity index (χ2n) is 7.19. The van der Waals surface area contributed by atoms with Crippen LogP contribution >= 0.6 is 0 Å². The predicted molar refractivity (Wildman–Crippen MR) is 73.1 cm³/mol. The number of carbonyl (C=O) groups is 2. The summed E-state index contributed by atoms with van der Waals surface area (Å²) in [6.07, 6.45) is 8.67. The van der Waals surface area contributed by atoms with Crippen LogP contribution in [0.3, 0.4) is 0 Å². The highest BCUT2D eigenvalue weighted by Crippen LogP contribution is 2.56. The highest BCUT2D eigenvalue weighted by atomic mass is 16.4. The van der Waals surface area contributed by atoms with Crippen molar-refractivity contribution < 1.29 is 19.8 Å². The number of hydrogen-bond acceptors (Lipinski definition) is 2. The van der Waals surface area contributed by atoms with Crippen molar-refractivity contribution in [2.24, 2.45) is 35.5 Å². The number of carboxylic acids is 2. The zero-order valence-electron chi connectivity index (χ0n) is 11.8. The zero-order chi connectivity index (χ0) is 14.3. The fourth-order valence-corrected chi connectivity index (χ4v) is 3.66. The first-order chi connectivity index (χ1) is 9.54. The molecule has 4 nitrogen and oxygen atoms in total. The van der Waals surface area contributed by atoms with Gasteiger partial charge in [-0.2, -0.15) is 0 Å². The molecule has 4 aliphatic carbocycles. The van der Waals surface area contributed by atoms with Gasteiger partial charge in [-0.05, 0) is 74.0 Å². The fourth-order valence-electron chi connectivity index (χ4n) is 3.66. The van der Waals surface area contributed by atoms with Gasteiger partial charge in [0.25, 0.3) is 0 Å². The van der Waals surface area contributed by atoms with Gasteiger partial charge in [0.05, 0.1) is 0 Å². The topological polar surface area (TPSA) is 74.6 Å². The molecule has 0 spiro atoms. The largest absolute Gasteiger partial charge is 0.481 e. The van der Waals surface area contributed by atoms with Crippen molar-refractivity contribution in [3.8, 4) is 0 Å². The minimum Gasteiger partial charge on any atom is -0.481 e. The summed E-state index contributed by atoms with van der Waals surface area (Å²) >= 11 is 0. The molecule has 4 fully saturated rings. The summed E-state index contributed by atoms with van der Waals surface area (Å²) in [4.78, 5) is 20.5. The molecule has 112 valence electrons. The van der Waals surface area contributed by atoms with Crippen LogP contribution in [-0.2, 0) is 9.59 Å². The highest BCUT2D eigenvalue weighted by Gasteiger charge is 2.48. The van der Waals surface area contributed by atoms with Crippen LogP contribution in [0.15, 0.2) is 0 Å². The molecular weight excluding hydrogens is 256 g/mol. The molecule has 0 bridgehead atoms. The van der Waals surface area contributed by atoms with E-state index >= 15 is 0 Å². The lowest BCUT2D eigenvalue weighted by Crippen LogP contribution is -1.97. The minimum absolute atomic E-state index is 0.418. The van der Waals surface area contributed by atoms with Crippen LogP contribution in [0.2, 0.25) is 0 Å². The normalized spacial score (nSPS) is 37.6. The maximum Gasteiger partial charge on any atom is 0.303 e. The van der Waals surface area contributed by atoms with E-state index in [9.17, 15) is 9.59 Å². The lowest BCUT2D eigenvalue weighted by molar-refractivity contribution is -0.138. The Morgan fingerprint density at radius 1 is 0.750 bits per heavy atom. The maximum absolute atomic E-state index is 10.2. The Morgan fingerprint density at radius 3 is 1.35 bits per heavy atom. The van der Waals surface area contributed by atoms with E-state index < -0.39 is 11.9 Å². The van der Waals surface area contributed by atoms with Gasteiger partial charge in [0, 0.05) is 12.8 Å². The molecule has 4 heteroatoms. The first-order valence-corrected chi connectivity index (χ1v) is 7.98. The summed E-state index contributed by atoms with van der Waals surface area (Å²) < 4.78 is 0. The van der Waals surface area contributed by atoms with E-state index in [0.29, 0.717) is 24.7 Å². The summed E-state index contributed by atoms with van der Waals surface area (Å²) in [5, 5.41) is 16.9. The fraction of sp³-hybridized carbons (Fsp3) is 0.875. The van der Waals surface area contributed by atoms with E-state index in [1.54, 1.807) is 0 Å². The first-order valence-electron chi connectivity index (χ1n) is 7.98. The molecule has 4 atom stereocenters. The highest BCUT2D eigenvalue weighted by molar-refractivity contribution is 5.67. The Hall–Kier alpha value is -1.06. The van der Waals surface area contributed by atoms with E-state index in [4.69, 9.17) is 10.2 Å². The van der Waals surface area contributed by atoms with Crippen LogP contribution in [0.5, 0.6) is 0 Å². The molecule has 0 unspecified atom stereocenters. The standard InChI is InChI=1S/2C8H12O2/c2*9-8(10)4-6-3-7(6)5-1-2-5/h2*5-7H,1-4H2,(H,9,10)/t2*6-,7-/m10/s1.